The Morgan fingerprint density at radius 1 is 1.18 bits per heavy atom. The molecule has 0 spiro atoms. The fraction of sp³-hybridized carbons (Fsp3) is 0.227. The average Bonchev–Trinajstić information content (AvgIpc) is 2.69. The van der Waals surface area contributed by atoms with Crippen molar-refractivity contribution in [1.82, 2.24) is 10.2 Å². The van der Waals surface area contributed by atoms with Gasteiger partial charge in [-0.25, -0.2) is 0 Å². The van der Waals surface area contributed by atoms with E-state index in [2.05, 4.69) is 27.3 Å². The van der Waals surface area contributed by atoms with Gasteiger partial charge in [-0.2, -0.15) is 5.26 Å². The Labute approximate surface area is 172 Å². The van der Waals surface area contributed by atoms with Crippen molar-refractivity contribution in [2.24, 2.45) is 0 Å². The zero-order valence-electron chi connectivity index (χ0n) is 15.9. The molecule has 142 valence electrons. The van der Waals surface area contributed by atoms with Crippen molar-refractivity contribution in [3.8, 4) is 6.07 Å². The lowest BCUT2D eigenvalue weighted by atomic mass is 9.87. The molecule has 6 heteroatoms. The Balaban J connectivity index is 2.03. The van der Waals surface area contributed by atoms with E-state index < -0.39 is 5.54 Å². The summed E-state index contributed by atoms with van der Waals surface area (Å²) in [5.74, 6) is -0.534. The van der Waals surface area contributed by atoms with Crippen LogP contribution in [0.4, 0.5) is 0 Å². The quantitative estimate of drug-likeness (QED) is 0.744. The smallest absolute Gasteiger partial charge is 0.271 e. The molecule has 2 aromatic carbocycles. The van der Waals surface area contributed by atoms with Gasteiger partial charge in [0.15, 0.2) is 0 Å². The number of hydrogen-bond donors (Lipinski definition) is 1. The van der Waals surface area contributed by atoms with Gasteiger partial charge in [-0.05, 0) is 37.1 Å². The largest absolute Gasteiger partial charge is 0.326 e. The third kappa shape index (κ3) is 3.34. The first-order valence-electron chi connectivity index (χ1n) is 8.83. The SMILES string of the molecule is CC(=C1NC(=O)C(C)(Cc2ccccc2)N(C)C1=O)c1c(Br)cccc1C#N. The van der Waals surface area contributed by atoms with Gasteiger partial charge in [-0.3, -0.25) is 9.59 Å². The lowest BCUT2D eigenvalue weighted by Gasteiger charge is -2.42. The average molecular weight is 438 g/mol. The van der Waals surface area contributed by atoms with Crippen molar-refractivity contribution in [3.63, 3.8) is 0 Å². The number of rotatable bonds is 3. The summed E-state index contributed by atoms with van der Waals surface area (Å²) in [6.45, 7) is 3.50. The molecule has 1 heterocycles. The molecule has 2 aromatic rings. The van der Waals surface area contributed by atoms with E-state index in [1.807, 2.05) is 30.3 Å². The van der Waals surface area contributed by atoms with Crippen LogP contribution in [0.2, 0.25) is 0 Å². The number of halogens is 1. The van der Waals surface area contributed by atoms with E-state index >= 15 is 0 Å². The maximum atomic E-state index is 13.2. The van der Waals surface area contributed by atoms with E-state index in [9.17, 15) is 14.9 Å². The van der Waals surface area contributed by atoms with E-state index in [-0.39, 0.29) is 17.5 Å². The topological polar surface area (TPSA) is 73.2 Å². The van der Waals surface area contributed by atoms with Crippen LogP contribution in [0.1, 0.15) is 30.5 Å². The summed E-state index contributed by atoms with van der Waals surface area (Å²) in [7, 11) is 1.64. The van der Waals surface area contributed by atoms with Gasteiger partial charge in [0.25, 0.3) is 11.8 Å². The maximum Gasteiger partial charge on any atom is 0.271 e. The molecule has 2 amide bonds. The number of amides is 2. The van der Waals surface area contributed by atoms with Crippen LogP contribution in [0.25, 0.3) is 5.57 Å². The van der Waals surface area contributed by atoms with Gasteiger partial charge in [0.05, 0.1) is 11.6 Å². The number of nitriles is 1. The molecule has 1 N–H and O–H groups in total. The Morgan fingerprint density at radius 2 is 1.86 bits per heavy atom. The fourth-order valence-corrected chi connectivity index (χ4v) is 4.08. The zero-order valence-corrected chi connectivity index (χ0v) is 17.5. The Kier molecular flexibility index (Phi) is 5.39. The third-order valence-electron chi connectivity index (χ3n) is 5.26. The molecule has 0 aromatic heterocycles. The van der Waals surface area contributed by atoms with Crippen LogP contribution >= 0.6 is 15.9 Å². The summed E-state index contributed by atoms with van der Waals surface area (Å²) in [6, 6.07) is 17.0. The second-order valence-electron chi connectivity index (χ2n) is 7.03. The number of carbonyl (C=O) groups is 2. The highest BCUT2D eigenvalue weighted by molar-refractivity contribution is 9.10. The molecule has 1 aliphatic heterocycles. The molecule has 0 aliphatic carbocycles. The van der Waals surface area contributed by atoms with Crippen molar-refractivity contribution in [3.05, 3.63) is 75.4 Å². The summed E-state index contributed by atoms with van der Waals surface area (Å²) in [5, 5.41) is 12.2. The van der Waals surface area contributed by atoms with Crippen LogP contribution in [-0.4, -0.2) is 29.3 Å². The molecule has 0 radical (unpaired) electrons. The highest BCUT2D eigenvalue weighted by atomic mass is 79.9. The first kappa shape index (κ1) is 19.8. The second kappa shape index (κ2) is 7.61. The second-order valence-corrected chi connectivity index (χ2v) is 7.88. The van der Waals surface area contributed by atoms with Gasteiger partial charge >= 0.3 is 0 Å². The number of nitrogens with zero attached hydrogens (tertiary/aromatic N) is 2. The Hall–Kier alpha value is -2.91. The van der Waals surface area contributed by atoms with Gasteiger partial charge in [-0.1, -0.05) is 52.3 Å². The van der Waals surface area contributed by atoms with Gasteiger partial charge < -0.3 is 10.2 Å². The van der Waals surface area contributed by atoms with Gasteiger partial charge in [0.1, 0.15) is 11.2 Å². The summed E-state index contributed by atoms with van der Waals surface area (Å²) in [6.07, 6.45) is 0.409. The minimum atomic E-state index is -1.01. The van der Waals surface area contributed by atoms with Crippen LogP contribution in [-0.2, 0) is 16.0 Å². The van der Waals surface area contributed by atoms with Crippen LogP contribution in [0, 0.1) is 11.3 Å². The number of allylic oxidation sites excluding steroid dienone is 1. The van der Waals surface area contributed by atoms with Gasteiger partial charge in [0.2, 0.25) is 0 Å². The zero-order chi connectivity index (χ0) is 20.5. The molecular formula is C22H20BrN3O2. The molecule has 1 unspecified atom stereocenters. The van der Waals surface area contributed by atoms with E-state index in [1.54, 1.807) is 39.1 Å². The molecule has 0 bridgehead atoms. The maximum absolute atomic E-state index is 13.2. The molecule has 1 aliphatic rings. The van der Waals surface area contributed by atoms with Crippen LogP contribution in [0.5, 0.6) is 0 Å². The molecule has 5 nitrogen and oxygen atoms in total. The minimum absolute atomic E-state index is 0.196. The number of benzene rings is 2. The Morgan fingerprint density at radius 3 is 2.50 bits per heavy atom. The molecular weight excluding hydrogens is 418 g/mol. The summed E-state index contributed by atoms with van der Waals surface area (Å²) >= 11 is 3.45. The number of piperazine rings is 1. The molecule has 1 atom stereocenters. The highest BCUT2D eigenvalue weighted by Crippen LogP contribution is 2.33. The monoisotopic (exact) mass is 437 g/mol. The van der Waals surface area contributed by atoms with Gasteiger partial charge in [-0.15, -0.1) is 0 Å². The molecule has 28 heavy (non-hydrogen) atoms. The molecule has 1 saturated heterocycles. The molecule has 3 rings (SSSR count). The van der Waals surface area contributed by atoms with Crippen molar-refractivity contribution < 1.29 is 9.59 Å². The molecule has 0 saturated carbocycles. The van der Waals surface area contributed by atoms with Crippen molar-refractivity contribution >= 4 is 33.3 Å². The highest BCUT2D eigenvalue weighted by Gasteiger charge is 2.46. The van der Waals surface area contributed by atoms with E-state index in [0.717, 1.165) is 5.56 Å². The standard InChI is InChI=1S/C22H20BrN3O2/c1-14(18-16(13-24)10-7-11-17(18)23)19-20(27)26(3)22(2,21(28)25-19)12-15-8-5-4-6-9-15/h4-11H,12H2,1-3H3,(H,25,28). The predicted octanol–water partition coefficient (Wildman–Crippen LogP) is 3.64. The predicted molar refractivity (Wildman–Crippen MR) is 111 cm³/mol. The number of likely N-dealkylation sites (N-methyl/N-ethyl adjacent to an activating group) is 1. The first-order chi connectivity index (χ1) is 13.3. The number of carbonyl (C=O) groups excluding carboxylic acids is 2. The fourth-order valence-electron chi connectivity index (χ4n) is 3.42. The van der Waals surface area contributed by atoms with Crippen LogP contribution in [0.15, 0.2) is 58.7 Å². The van der Waals surface area contributed by atoms with E-state index in [0.29, 0.717) is 27.6 Å². The first-order valence-corrected chi connectivity index (χ1v) is 9.62. The number of hydrogen-bond acceptors (Lipinski definition) is 3. The number of nitrogens with one attached hydrogen (secondary N) is 1. The molecule has 1 fully saturated rings. The summed E-state index contributed by atoms with van der Waals surface area (Å²) in [4.78, 5) is 27.7. The van der Waals surface area contributed by atoms with Crippen molar-refractivity contribution in [2.75, 3.05) is 7.05 Å². The summed E-state index contributed by atoms with van der Waals surface area (Å²) < 4.78 is 0.693. The van der Waals surface area contributed by atoms with Crippen LogP contribution < -0.4 is 5.32 Å². The van der Waals surface area contributed by atoms with E-state index in [1.165, 1.54) is 4.90 Å². The normalized spacial score (nSPS) is 21.2. The summed E-state index contributed by atoms with van der Waals surface area (Å²) in [5.41, 5.74) is 1.75. The van der Waals surface area contributed by atoms with Crippen molar-refractivity contribution in [2.45, 2.75) is 25.8 Å². The lowest BCUT2D eigenvalue weighted by molar-refractivity contribution is -0.147. The Bertz CT molecular complexity index is 1020. The van der Waals surface area contributed by atoms with Gasteiger partial charge in [0, 0.05) is 23.5 Å². The van der Waals surface area contributed by atoms with E-state index in [4.69, 9.17) is 0 Å². The minimum Gasteiger partial charge on any atom is -0.326 e. The van der Waals surface area contributed by atoms with Crippen LogP contribution in [0.3, 0.4) is 0 Å². The lowest BCUT2D eigenvalue weighted by Crippen LogP contribution is -2.64. The third-order valence-corrected chi connectivity index (χ3v) is 5.92. The van der Waals surface area contributed by atoms with Crippen molar-refractivity contribution in [1.29, 1.82) is 5.26 Å².